The zero-order valence-electron chi connectivity index (χ0n) is 7.29. The maximum atomic E-state index is 5.86. The second-order valence-corrected chi connectivity index (χ2v) is 3.22. The fourth-order valence-electron chi connectivity index (χ4n) is 0.961. The van der Waals surface area contributed by atoms with Gasteiger partial charge in [-0.05, 0) is 25.0 Å². The summed E-state index contributed by atoms with van der Waals surface area (Å²) in [6.45, 7) is 6.10. The summed E-state index contributed by atoms with van der Waals surface area (Å²) in [7, 11) is 0. The number of furan rings is 1. The van der Waals surface area contributed by atoms with Crippen LogP contribution in [-0.4, -0.2) is 0 Å². The molecule has 1 aromatic heterocycles. The van der Waals surface area contributed by atoms with E-state index in [1.165, 1.54) is 0 Å². The molecule has 1 unspecified atom stereocenters. The Morgan fingerprint density at radius 3 is 2.36 bits per heavy atom. The largest absolute Gasteiger partial charge is 0.465 e. The molecule has 1 atom stereocenters. The molecule has 0 saturated carbocycles. The van der Waals surface area contributed by atoms with E-state index in [0.29, 0.717) is 5.92 Å². The van der Waals surface area contributed by atoms with Gasteiger partial charge in [-0.3, -0.25) is 0 Å². The van der Waals surface area contributed by atoms with Gasteiger partial charge in [-0.2, -0.15) is 0 Å². The summed E-state index contributed by atoms with van der Waals surface area (Å²) in [5.41, 5.74) is 5.86. The molecule has 0 aliphatic rings. The van der Waals surface area contributed by atoms with Crippen LogP contribution in [0.1, 0.15) is 31.4 Å². The number of hydrogen-bond donors (Lipinski definition) is 1. The molecule has 2 nitrogen and oxygen atoms in total. The van der Waals surface area contributed by atoms with E-state index in [4.69, 9.17) is 10.2 Å². The molecule has 2 heteroatoms. The lowest BCUT2D eigenvalue weighted by atomic mass is 10.0. The van der Waals surface area contributed by atoms with Crippen molar-refractivity contribution in [1.29, 1.82) is 0 Å². The minimum Gasteiger partial charge on any atom is -0.465 e. The van der Waals surface area contributed by atoms with Crippen LogP contribution in [0, 0.1) is 12.8 Å². The Morgan fingerprint density at radius 1 is 1.36 bits per heavy atom. The van der Waals surface area contributed by atoms with Crippen LogP contribution in [-0.2, 0) is 0 Å². The Balaban J connectivity index is 2.76. The first-order valence-corrected chi connectivity index (χ1v) is 3.93. The summed E-state index contributed by atoms with van der Waals surface area (Å²) >= 11 is 0. The van der Waals surface area contributed by atoms with Gasteiger partial charge in [0.05, 0.1) is 6.04 Å². The molecule has 0 amide bonds. The van der Waals surface area contributed by atoms with Gasteiger partial charge in [-0.1, -0.05) is 13.8 Å². The molecule has 1 rings (SSSR count). The van der Waals surface area contributed by atoms with Gasteiger partial charge < -0.3 is 10.2 Å². The fourth-order valence-corrected chi connectivity index (χ4v) is 0.961. The van der Waals surface area contributed by atoms with Crippen molar-refractivity contribution in [1.82, 2.24) is 0 Å². The molecule has 1 heterocycles. The molecule has 1 aromatic rings. The van der Waals surface area contributed by atoms with Crippen LogP contribution in [0.2, 0.25) is 0 Å². The molecule has 0 spiro atoms. The van der Waals surface area contributed by atoms with E-state index < -0.39 is 0 Å². The number of nitrogens with two attached hydrogens (primary N) is 1. The second-order valence-electron chi connectivity index (χ2n) is 3.22. The summed E-state index contributed by atoms with van der Waals surface area (Å²) in [6, 6.07) is 3.92. The molecule has 11 heavy (non-hydrogen) atoms. The number of hydrogen-bond acceptors (Lipinski definition) is 2. The van der Waals surface area contributed by atoms with E-state index in [0.717, 1.165) is 11.5 Å². The van der Waals surface area contributed by atoms with Crippen molar-refractivity contribution in [2.45, 2.75) is 26.8 Å². The molecular formula is C9H15NO. The lowest BCUT2D eigenvalue weighted by Crippen LogP contribution is -2.15. The third-order valence-electron chi connectivity index (χ3n) is 1.81. The van der Waals surface area contributed by atoms with E-state index >= 15 is 0 Å². The van der Waals surface area contributed by atoms with E-state index in [1.807, 2.05) is 19.1 Å². The van der Waals surface area contributed by atoms with Crippen LogP contribution >= 0.6 is 0 Å². The predicted octanol–water partition coefficient (Wildman–Crippen LogP) is 2.24. The van der Waals surface area contributed by atoms with Crippen LogP contribution in [0.3, 0.4) is 0 Å². The smallest absolute Gasteiger partial charge is 0.121 e. The summed E-state index contributed by atoms with van der Waals surface area (Å²) in [5, 5.41) is 0. The van der Waals surface area contributed by atoms with Gasteiger partial charge in [0.15, 0.2) is 0 Å². The van der Waals surface area contributed by atoms with Gasteiger partial charge in [-0.15, -0.1) is 0 Å². The van der Waals surface area contributed by atoms with Crippen molar-refractivity contribution in [3.63, 3.8) is 0 Å². The van der Waals surface area contributed by atoms with Crippen LogP contribution in [0.4, 0.5) is 0 Å². The van der Waals surface area contributed by atoms with Crippen molar-refractivity contribution < 1.29 is 4.42 Å². The second kappa shape index (κ2) is 3.09. The monoisotopic (exact) mass is 153 g/mol. The van der Waals surface area contributed by atoms with Gasteiger partial charge in [0.2, 0.25) is 0 Å². The maximum absolute atomic E-state index is 5.86. The Labute approximate surface area is 67.4 Å². The fraction of sp³-hybridized carbons (Fsp3) is 0.556. The third kappa shape index (κ3) is 1.84. The van der Waals surface area contributed by atoms with Gasteiger partial charge in [0.1, 0.15) is 11.5 Å². The summed E-state index contributed by atoms with van der Waals surface area (Å²) in [5.74, 6) is 2.24. The first-order valence-electron chi connectivity index (χ1n) is 3.93. The first kappa shape index (κ1) is 8.34. The molecule has 62 valence electrons. The molecule has 2 N–H and O–H groups in total. The average Bonchev–Trinajstić information content (AvgIpc) is 2.34. The van der Waals surface area contributed by atoms with Crippen LogP contribution in [0.5, 0.6) is 0 Å². The average molecular weight is 153 g/mol. The minimum absolute atomic E-state index is 0.0312. The molecule has 0 aromatic carbocycles. The highest BCUT2D eigenvalue weighted by Gasteiger charge is 2.13. The van der Waals surface area contributed by atoms with E-state index in [2.05, 4.69) is 13.8 Å². The maximum Gasteiger partial charge on any atom is 0.121 e. The zero-order chi connectivity index (χ0) is 8.43. The molecular weight excluding hydrogens is 138 g/mol. The number of rotatable bonds is 2. The molecule has 0 aliphatic carbocycles. The highest BCUT2D eigenvalue weighted by atomic mass is 16.3. The van der Waals surface area contributed by atoms with Crippen LogP contribution < -0.4 is 5.73 Å². The zero-order valence-corrected chi connectivity index (χ0v) is 7.29. The van der Waals surface area contributed by atoms with E-state index in [1.54, 1.807) is 0 Å². The lowest BCUT2D eigenvalue weighted by Gasteiger charge is -2.11. The Hall–Kier alpha value is -0.760. The van der Waals surface area contributed by atoms with Gasteiger partial charge in [0, 0.05) is 0 Å². The standard InChI is InChI=1S/C9H15NO/c1-6(2)9(10)8-5-4-7(3)11-8/h4-6,9H,10H2,1-3H3. The third-order valence-corrected chi connectivity index (χ3v) is 1.81. The molecule has 0 aliphatic heterocycles. The molecule has 0 saturated heterocycles. The Kier molecular flexibility index (Phi) is 2.35. The minimum atomic E-state index is 0.0312. The Bertz CT molecular complexity index is 227. The van der Waals surface area contributed by atoms with Gasteiger partial charge >= 0.3 is 0 Å². The molecule has 0 radical (unpaired) electrons. The molecule has 0 bridgehead atoms. The molecule has 0 fully saturated rings. The normalized spacial score (nSPS) is 13.9. The summed E-state index contributed by atoms with van der Waals surface area (Å²) in [6.07, 6.45) is 0. The highest BCUT2D eigenvalue weighted by Crippen LogP contribution is 2.20. The highest BCUT2D eigenvalue weighted by molar-refractivity contribution is 5.09. The SMILES string of the molecule is Cc1ccc(C(N)C(C)C)o1. The topological polar surface area (TPSA) is 39.2 Å². The Morgan fingerprint density at radius 2 is 2.00 bits per heavy atom. The summed E-state index contributed by atoms with van der Waals surface area (Å²) in [4.78, 5) is 0. The van der Waals surface area contributed by atoms with Crippen molar-refractivity contribution in [2.24, 2.45) is 11.7 Å². The quantitative estimate of drug-likeness (QED) is 0.707. The number of aryl methyl sites for hydroxylation is 1. The summed E-state index contributed by atoms with van der Waals surface area (Å²) < 4.78 is 5.38. The van der Waals surface area contributed by atoms with Crippen LogP contribution in [0.15, 0.2) is 16.5 Å². The van der Waals surface area contributed by atoms with E-state index in [9.17, 15) is 0 Å². The van der Waals surface area contributed by atoms with Gasteiger partial charge in [-0.25, -0.2) is 0 Å². The predicted molar refractivity (Wildman–Crippen MR) is 45.2 cm³/mol. The van der Waals surface area contributed by atoms with Gasteiger partial charge in [0.25, 0.3) is 0 Å². The lowest BCUT2D eigenvalue weighted by molar-refractivity contribution is 0.391. The van der Waals surface area contributed by atoms with Crippen molar-refractivity contribution in [2.75, 3.05) is 0 Å². The van der Waals surface area contributed by atoms with Crippen LogP contribution in [0.25, 0.3) is 0 Å². The van der Waals surface area contributed by atoms with Crippen molar-refractivity contribution in [3.8, 4) is 0 Å². The van der Waals surface area contributed by atoms with Crippen molar-refractivity contribution in [3.05, 3.63) is 23.7 Å². The van der Waals surface area contributed by atoms with Crippen molar-refractivity contribution >= 4 is 0 Å². The first-order chi connectivity index (χ1) is 5.11. The van der Waals surface area contributed by atoms with E-state index in [-0.39, 0.29) is 6.04 Å².